The Kier molecular flexibility index (Phi) is 5.00. The molecule has 4 aromatic rings. The third kappa shape index (κ3) is 4.20. The molecule has 0 atom stereocenters. The summed E-state index contributed by atoms with van der Waals surface area (Å²) in [6.45, 7) is 2.65. The Hall–Kier alpha value is -3.15. The number of fused-ring (bicyclic) bond motifs is 1. The maximum Gasteiger partial charge on any atom is 0.248 e. The topological polar surface area (TPSA) is 43.6 Å². The third-order valence-electron chi connectivity index (χ3n) is 6.14. The van der Waals surface area contributed by atoms with Crippen LogP contribution in [0.5, 0.6) is 0 Å². The highest BCUT2D eigenvalue weighted by atomic mass is 19.3. The molecule has 1 fully saturated rings. The second kappa shape index (κ2) is 7.84. The van der Waals surface area contributed by atoms with E-state index in [4.69, 9.17) is 4.98 Å². The van der Waals surface area contributed by atoms with Crippen LogP contribution in [0.1, 0.15) is 31.4 Å². The predicted octanol–water partition coefficient (Wildman–Crippen LogP) is 6.29. The molecule has 0 aliphatic heterocycles. The minimum Gasteiger partial charge on any atom is -0.272 e. The van der Waals surface area contributed by atoms with Crippen LogP contribution >= 0.6 is 0 Å². The first-order valence-corrected chi connectivity index (χ1v) is 10.7. The van der Waals surface area contributed by atoms with Crippen molar-refractivity contribution in [2.45, 2.75) is 45.1 Å². The van der Waals surface area contributed by atoms with Crippen molar-refractivity contribution in [1.29, 1.82) is 0 Å². The molecular formula is C25H24F2N4. The fourth-order valence-electron chi connectivity index (χ4n) is 4.37. The van der Waals surface area contributed by atoms with Crippen LogP contribution in [-0.2, 0) is 6.54 Å². The first kappa shape index (κ1) is 19.8. The summed E-state index contributed by atoms with van der Waals surface area (Å²) in [6, 6.07) is 14.2. The van der Waals surface area contributed by atoms with Gasteiger partial charge in [0.25, 0.3) is 0 Å². The smallest absolute Gasteiger partial charge is 0.248 e. The Bertz CT molecular complexity index is 1220. The number of benzene rings is 1. The Morgan fingerprint density at radius 3 is 2.74 bits per heavy atom. The molecule has 0 spiro atoms. The molecule has 0 N–H and O–H groups in total. The number of halogens is 2. The molecule has 1 aliphatic rings. The molecule has 0 radical (unpaired) electrons. The molecule has 3 aromatic heterocycles. The van der Waals surface area contributed by atoms with E-state index in [1.54, 1.807) is 6.20 Å². The van der Waals surface area contributed by atoms with Crippen molar-refractivity contribution in [3.8, 4) is 22.4 Å². The maximum absolute atomic E-state index is 13.4. The normalized spacial score (nSPS) is 16.6. The van der Waals surface area contributed by atoms with Gasteiger partial charge in [-0.05, 0) is 43.9 Å². The van der Waals surface area contributed by atoms with Crippen molar-refractivity contribution in [2.24, 2.45) is 5.92 Å². The Morgan fingerprint density at radius 1 is 1.06 bits per heavy atom. The van der Waals surface area contributed by atoms with Crippen molar-refractivity contribution in [1.82, 2.24) is 19.7 Å². The molecule has 1 aromatic carbocycles. The average Bonchev–Trinajstić information content (AvgIpc) is 3.23. The van der Waals surface area contributed by atoms with Gasteiger partial charge in [0.1, 0.15) is 0 Å². The van der Waals surface area contributed by atoms with E-state index in [1.807, 2.05) is 42.2 Å². The molecule has 0 bridgehead atoms. The van der Waals surface area contributed by atoms with Crippen molar-refractivity contribution in [3.05, 3.63) is 66.7 Å². The summed E-state index contributed by atoms with van der Waals surface area (Å²) in [5.74, 6) is -2.25. The molecule has 31 heavy (non-hydrogen) atoms. The number of pyridine rings is 2. The lowest BCUT2D eigenvalue weighted by molar-refractivity contribution is -0.0476. The number of alkyl halides is 2. The average molecular weight is 418 g/mol. The highest BCUT2D eigenvalue weighted by Gasteiger charge is 2.34. The van der Waals surface area contributed by atoms with Crippen LogP contribution in [0.4, 0.5) is 8.78 Å². The predicted molar refractivity (Wildman–Crippen MR) is 118 cm³/mol. The molecule has 1 saturated carbocycles. The van der Waals surface area contributed by atoms with Gasteiger partial charge >= 0.3 is 0 Å². The summed E-state index contributed by atoms with van der Waals surface area (Å²) in [6.07, 6.45) is 6.69. The number of hydrogen-bond donors (Lipinski definition) is 0. The van der Waals surface area contributed by atoms with Gasteiger partial charge in [0, 0.05) is 59.6 Å². The summed E-state index contributed by atoms with van der Waals surface area (Å²) < 4.78 is 28.8. The number of aromatic nitrogens is 4. The maximum atomic E-state index is 13.4. The zero-order valence-corrected chi connectivity index (χ0v) is 17.4. The van der Waals surface area contributed by atoms with Gasteiger partial charge in [0.15, 0.2) is 0 Å². The van der Waals surface area contributed by atoms with E-state index in [0.717, 1.165) is 39.0 Å². The van der Waals surface area contributed by atoms with Crippen molar-refractivity contribution >= 4 is 10.9 Å². The molecule has 0 amide bonds. The summed E-state index contributed by atoms with van der Waals surface area (Å²) in [5.41, 5.74) is 5.75. The lowest BCUT2D eigenvalue weighted by Crippen LogP contribution is -2.26. The highest BCUT2D eigenvalue weighted by molar-refractivity contribution is 5.87. The van der Waals surface area contributed by atoms with Gasteiger partial charge in [-0.2, -0.15) is 5.10 Å². The van der Waals surface area contributed by atoms with Gasteiger partial charge in [-0.25, -0.2) is 8.78 Å². The van der Waals surface area contributed by atoms with Crippen LogP contribution in [0.25, 0.3) is 33.3 Å². The van der Waals surface area contributed by atoms with Gasteiger partial charge in [0.05, 0.1) is 17.4 Å². The summed E-state index contributed by atoms with van der Waals surface area (Å²) in [4.78, 5) is 9.29. The molecule has 4 nitrogen and oxygen atoms in total. The minimum absolute atomic E-state index is 0.0200. The fraction of sp³-hybridized carbons (Fsp3) is 0.320. The van der Waals surface area contributed by atoms with Gasteiger partial charge in [-0.3, -0.25) is 14.6 Å². The van der Waals surface area contributed by atoms with E-state index in [9.17, 15) is 8.78 Å². The Labute approximate surface area is 180 Å². The molecule has 0 saturated heterocycles. The molecule has 158 valence electrons. The van der Waals surface area contributed by atoms with Crippen molar-refractivity contribution in [2.75, 3.05) is 0 Å². The second-order valence-corrected chi connectivity index (χ2v) is 8.51. The molecule has 3 heterocycles. The van der Waals surface area contributed by atoms with Crippen LogP contribution in [0.15, 0.2) is 61.1 Å². The summed E-state index contributed by atoms with van der Waals surface area (Å²) in [7, 11) is 0. The number of rotatable bonds is 4. The van der Waals surface area contributed by atoms with Gasteiger partial charge in [-0.1, -0.05) is 24.3 Å². The number of nitrogens with zero attached hydrogens (tertiary/aromatic N) is 4. The van der Waals surface area contributed by atoms with Crippen LogP contribution in [0, 0.1) is 12.8 Å². The van der Waals surface area contributed by atoms with Gasteiger partial charge in [-0.15, -0.1) is 0 Å². The first-order valence-electron chi connectivity index (χ1n) is 10.7. The second-order valence-electron chi connectivity index (χ2n) is 8.51. The Balaban J connectivity index is 1.45. The third-order valence-corrected chi connectivity index (χ3v) is 6.14. The van der Waals surface area contributed by atoms with E-state index < -0.39 is 5.92 Å². The monoisotopic (exact) mass is 418 g/mol. The zero-order chi connectivity index (χ0) is 21.4. The lowest BCUT2D eigenvalue weighted by Gasteiger charge is -2.28. The molecule has 1 aliphatic carbocycles. The van der Waals surface area contributed by atoms with Crippen molar-refractivity contribution in [3.63, 3.8) is 0 Å². The highest BCUT2D eigenvalue weighted by Crippen LogP contribution is 2.37. The standard InChI is InChI=1S/C25H24F2N4/c1-17-4-7-22(24(30-17)20-6-5-19-3-2-12-28-23(19)13-20)21-14-29-31(16-21)15-18-8-10-25(26,27)11-9-18/h2-7,12-14,16,18H,8-11,15H2,1H3. The van der Waals surface area contributed by atoms with Gasteiger partial charge in [0.2, 0.25) is 5.92 Å². The molecule has 5 rings (SSSR count). The van der Waals surface area contributed by atoms with Crippen LogP contribution in [-0.4, -0.2) is 25.7 Å². The molecule has 0 unspecified atom stereocenters. The van der Waals surface area contributed by atoms with Crippen LogP contribution in [0.3, 0.4) is 0 Å². The fourth-order valence-corrected chi connectivity index (χ4v) is 4.37. The van der Waals surface area contributed by atoms with E-state index in [2.05, 4.69) is 34.3 Å². The number of hydrogen-bond acceptors (Lipinski definition) is 3. The van der Waals surface area contributed by atoms with Crippen LogP contribution < -0.4 is 0 Å². The lowest BCUT2D eigenvalue weighted by atomic mass is 9.87. The minimum atomic E-state index is -2.50. The quantitative estimate of drug-likeness (QED) is 0.391. The first-order chi connectivity index (χ1) is 15.0. The number of aryl methyl sites for hydroxylation is 1. The molecule has 6 heteroatoms. The summed E-state index contributed by atoms with van der Waals surface area (Å²) >= 11 is 0. The SMILES string of the molecule is Cc1ccc(-c2cnn(CC3CCC(F)(F)CC3)c2)c(-c2ccc3cccnc3c2)n1. The molecular weight excluding hydrogens is 394 g/mol. The van der Waals surface area contributed by atoms with Crippen molar-refractivity contribution < 1.29 is 8.78 Å². The van der Waals surface area contributed by atoms with E-state index in [1.165, 1.54) is 0 Å². The Morgan fingerprint density at radius 2 is 1.90 bits per heavy atom. The van der Waals surface area contributed by atoms with E-state index in [-0.39, 0.29) is 18.8 Å². The van der Waals surface area contributed by atoms with E-state index in [0.29, 0.717) is 19.4 Å². The van der Waals surface area contributed by atoms with Crippen LogP contribution in [0.2, 0.25) is 0 Å². The van der Waals surface area contributed by atoms with E-state index >= 15 is 0 Å². The summed E-state index contributed by atoms with van der Waals surface area (Å²) in [5, 5.41) is 5.61. The zero-order valence-electron chi connectivity index (χ0n) is 17.4. The largest absolute Gasteiger partial charge is 0.272 e. The van der Waals surface area contributed by atoms with Gasteiger partial charge < -0.3 is 0 Å².